The second-order valence-corrected chi connectivity index (χ2v) is 2.28. The summed E-state index contributed by atoms with van der Waals surface area (Å²) in [5.41, 5.74) is 0.882. The number of aliphatic hydroxyl groups excluding tert-OH is 1. The summed E-state index contributed by atoms with van der Waals surface area (Å²) in [6.07, 6.45) is 3.58. The molecule has 1 aliphatic carbocycles. The van der Waals surface area contributed by atoms with Gasteiger partial charge in [-0.2, -0.15) is 0 Å². The molecule has 1 saturated heterocycles. The fraction of sp³-hybridized carbons (Fsp3) is 0.429. The van der Waals surface area contributed by atoms with Gasteiger partial charge in [0.2, 0.25) is 0 Å². The first-order chi connectivity index (χ1) is 4.92. The molecule has 0 amide bonds. The minimum atomic E-state index is -0.0926. The fourth-order valence-electron chi connectivity index (χ4n) is 1.17. The first-order valence-corrected chi connectivity index (χ1v) is 3.17. The summed E-state index contributed by atoms with van der Waals surface area (Å²) in [5.74, 6) is 0.823. The maximum Gasteiger partial charge on any atom is 0.190 e. The van der Waals surface area contributed by atoms with Crippen LogP contribution in [0.4, 0.5) is 0 Å². The number of fused-ring (bicyclic) bond motifs is 1. The molecular weight excluding hydrogens is 132 g/mol. The molecule has 54 valence electrons. The number of hydrogen-bond acceptors (Lipinski definition) is 3. The van der Waals surface area contributed by atoms with Crippen LogP contribution < -0.4 is 0 Å². The average Bonchev–Trinajstić information content (AvgIpc) is 2.44. The molecule has 3 heteroatoms. The largest absolute Gasteiger partial charge is 0.469 e. The molecule has 0 radical (unpaired) electrons. The number of rotatable bonds is 1. The van der Waals surface area contributed by atoms with E-state index in [2.05, 4.69) is 0 Å². The molecule has 0 bridgehead atoms. The lowest BCUT2D eigenvalue weighted by Crippen LogP contribution is -2.10. The van der Waals surface area contributed by atoms with E-state index in [9.17, 15) is 0 Å². The van der Waals surface area contributed by atoms with Gasteiger partial charge in [-0.15, -0.1) is 0 Å². The average molecular weight is 140 g/mol. The zero-order valence-electron chi connectivity index (χ0n) is 5.41. The topological polar surface area (TPSA) is 38.7 Å². The second kappa shape index (κ2) is 2.11. The summed E-state index contributed by atoms with van der Waals surface area (Å²) in [4.78, 5) is 0. The van der Waals surface area contributed by atoms with Crippen LogP contribution in [0.15, 0.2) is 23.5 Å². The zero-order valence-corrected chi connectivity index (χ0v) is 5.41. The first-order valence-electron chi connectivity index (χ1n) is 3.17. The van der Waals surface area contributed by atoms with Gasteiger partial charge in [-0.05, 0) is 11.6 Å². The summed E-state index contributed by atoms with van der Waals surface area (Å²) >= 11 is 0. The Morgan fingerprint density at radius 3 is 3.30 bits per heavy atom. The predicted octanol–water partition coefficient (Wildman–Crippen LogP) is 0.175. The van der Waals surface area contributed by atoms with Gasteiger partial charge in [-0.3, -0.25) is 0 Å². The van der Waals surface area contributed by atoms with E-state index >= 15 is 0 Å². The minimum Gasteiger partial charge on any atom is -0.469 e. The van der Waals surface area contributed by atoms with E-state index < -0.39 is 0 Å². The van der Waals surface area contributed by atoms with Crippen LogP contribution in [0.3, 0.4) is 0 Å². The quantitative estimate of drug-likeness (QED) is 0.564. The Kier molecular flexibility index (Phi) is 1.25. The molecule has 0 aromatic rings. The summed E-state index contributed by atoms with van der Waals surface area (Å²) in [6, 6.07) is 0. The van der Waals surface area contributed by atoms with Crippen LogP contribution in [-0.4, -0.2) is 24.6 Å². The summed E-state index contributed by atoms with van der Waals surface area (Å²) in [7, 11) is 0. The predicted molar refractivity (Wildman–Crippen MR) is 34.1 cm³/mol. The van der Waals surface area contributed by atoms with E-state index in [0.717, 1.165) is 11.3 Å². The Balaban J connectivity index is 2.19. The molecular formula is C7H8O3. The molecule has 1 unspecified atom stereocenters. The smallest absolute Gasteiger partial charge is 0.190 e. The van der Waals surface area contributed by atoms with E-state index in [1.54, 1.807) is 0 Å². The van der Waals surface area contributed by atoms with Crippen molar-refractivity contribution in [3.8, 4) is 0 Å². The number of hydrogen-bond donors (Lipinski definition) is 1. The van der Waals surface area contributed by atoms with Crippen LogP contribution in [0, 0.1) is 0 Å². The van der Waals surface area contributed by atoms with Gasteiger partial charge >= 0.3 is 0 Å². The third-order valence-electron chi connectivity index (χ3n) is 1.70. The van der Waals surface area contributed by atoms with Crippen molar-refractivity contribution in [2.75, 3.05) is 13.4 Å². The lowest BCUT2D eigenvalue weighted by Gasteiger charge is -2.04. The van der Waals surface area contributed by atoms with Crippen molar-refractivity contribution in [1.82, 2.24) is 0 Å². The molecule has 0 spiro atoms. The van der Waals surface area contributed by atoms with Crippen LogP contribution in [0.5, 0.6) is 0 Å². The van der Waals surface area contributed by atoms with Crippen LogP contribution in [0.25, 0.3) is 0 Å². The lowest BCUT2D eigenvalue weighted by atomic mass is 10.2. The van der Waals surface area contributed by atoms with E-state index in [4.69, 9.17) is 14.6 Å². The van der Waals surface area contributed by atoms with Crippen LogP contribution in [0.2, 0.25) is 0 Å². The van der Waals surface area contributed by atoms with Gasteiger partial charge in [-0.1, -0.05) is 6.08 Å². The molecule has 1 atom stereocenters. The van der Waals surface area contributed by atoms with Crippen molar-refractivity contribution in [3.63, 3.8) is 0 Å². The van der Waals surface area contributed by atoms with E-state index in [1.807, 2.05) is 12.2 Å². The SMILES string of the molecule is OCC1=CC=C2OCOC12. The Labute approximate surface area is 58.6 Å². The maximum atomic E-state index is 8.78. The third kappa shape index (κ3) is 0.678. The zero-order chi connectivity index (χ0) is 6.97. The van der Waals surface area contributed by atoms with Gasteiger partial charge < -0.3 is 14.6 Å². The van der Waals surface area contributed by atoms with Crippen molar-refractivity contribution in [2.45, 2.75) is 6.10 Å². The molecule has 0 aromatic heterocycles. The van der Waals surface area contributed by atoms with Gasteiger partial charge in [0, 0.05) is 0 Å². The molecule has 3 nitrogen and oxygen atoms in total. The highest BCUT2D eigenvalue weighted by Gasteiger charge is 2.29. The molecule has 1 heterocycles. The molecule has 1 fully saturated rings. The number of aliphatic hydroxyl groups is 1. The van der Waals surface area contributed by atoms with Gasteiger partial charge in [0.05, 0.1) is 6.61 Å². The van der Waals surface area contributed by atoms with Crippen LogP contribution >= 0.6 is 0 Å². The fourth-order valence-corrected chi connectivity index (χ4v) is 1.17. The maximum absolute atomic E-state index is 8.78. The lowest BCUT2D eigenvalue weighted by molar-refractivity contribution is 0.0563. The minimum absolute atomic E-state index is 0.0496. The monoisotopic (exact) mass is 140 g/mol. The van der Waals surface area contributed by atoms with Crippen molar-refractivity contribution in [2.24, 2.45) is 0 Å². The van der Waals surface area contributed by atoms with Gasteiger partial charge in [0.25, 0.3) is 0 Å². The second-order valence-electron chi connectivity index (χ2n) is 2.28. The number of allylic oxidation sites excluding steroid dienone is 2. The molecule has 0 saturated carbocycles. The van der Waals surface area contributed by atoms with Crippen molar-refractivity contribution in [1.29, 1.82) is 0 Å². The summed E-state index contributed by atoms with van der Waals surface area (Å²) in [5, 5.41) is 8.78. The molecule has 2 rings (SSSR count). The highest BCUT2D eigenvalue weighted by atomic mass is 16.7. The Morgan fingerprint density at radius 2 is 2.50 bits per heavy atom. The van der Waals surface area contributed by atoms with Gasteiger partial charge in [-0.25, -0.2) is 0 Å². The van der Waals surface area contributed by atoms with Crippen LogP contribution in [0.1, 0.15) is 0 Å². The van der Waals surface area contributed by atoms with Crippen molar-refractivity contribution < 1.29 is 14.6 Å². The van der Waals surface area contributed by atoms with Crippen LogP contribution in [-0.2, 0) is 9.47 Å². The van der Waals surface area contributed by atoms with Crippen molar-refractivity contribution >= 4 is 0 Å². The molecule has 10 heavy (non-hydrogen) atoms. The molecule has 1 N–H and O–H groups in total. The third-order valence-corrected chi connectivity index (χ3v) is 1.70. The van der Waals surface area contributed by atoms with Crippen molar-refractivity contribution in [3.05, 3.63) is 23.5 Å². The Bertz CT molecular complexity index is 205. The van der Waals surface area contributed by atoms with Gasteiger partial charge in [0.1, 0.15) is 11.9 Å². The Morgan fingerprint density at radius 1 is 1.60 bits per heavy atom. The molecule has 2 aliphatic rings. The van der Waals surface area contributed by atoms with Gasteiger partial charge in [0.15, 0.2) is 6.79 Å². The van der Waals surface area contributed by atoms with E-state index in [1.165, 1.54) is 0 Å². The highest BCUT2D eigenvalue weighted by molar-refractivity contribution is 5.34. The standard InChI is InChI=1S/C7H8O3/c8-3-5-1-2-6-7(5)10-4-9-6/h1-2,7-8H,3-4H2. The van der Waals surface area contributed by atoms with E-state index in [-0.39, 0.29) is 12.7 Å². The molecule has 0 aromatic carbocycles. The highest BCUT2D eigenvalue weighted by Crippen LogP contribution is 2.28. The normalized spacial score (nSPS) is 29.1. The molecule has 1 aliphatic heterocycles. The summed E-state index contributed by atoms with van der Waals surface area (Å²) in [6.45, 7) is 0.363. The van der Waals surface area contributed by atoms with E-state index in [0.29, 0.717) is 6.79 Å². The number of ether oxygens (including phenoxy) is 2. The Hall–Kier alpha value is -0.800. The first kappa shape index (κ1) is 5.95. The summed E-state index contributed by atoms with van der Waals surface area (Å²) < 4.78 is 10.2.